The number of phenolic OH excluding ortho intramolecular Hbond substituents is 1. The number of aromatic nitrogens is 4. The Morgan fingerprint density at radius 3 is 2.75 bits per heavy atom. The zero-order valence-electron chi connectivity index (χ0n) is 14.9. The molecular weight excluding hydrogens is 380 g/mol. The Kier molecular flexibility index (Phi) is 4.86. The van der Waals surface area contributed by atoms with Crippen LogP contribution in [-0.4, -0.2) is 32.0 Å². The zero-order valence-corrected chi connectivity index (χ0v) is 15.7. The van der Waals surface area contributed by atoms with E-state index in [9.17, 15) is 5.11 Å². The molecule has 28 heavy (non-hydrogen) atoms. The molecule has 0 saturated carbocycles. The number of benzene rings is 2. The molecular formula is C19H17ClN6O2. The number of methoxy groups -OCH3 is 1. The van der Waals surface area contributed by atoms with Crippen molar-refractivity contribution in [1.82, 2.24) is 19.8 Å². The lowest BCUT2D eigenvalue weighted by molar-refractivity contribution is 0.373. The van der Waals surface area contributed by atoms with Crippen molar-refractivity contribution in [3.05, 3.63) is 65.4 Å². The molecule has 9 heteroatoms. The monoisotopic (exact) mass is 396 g/mol. The van der Waals surface area contributed by atoms with Gasteiger partial charge < -0.3 is 20.5 Å². The number of ether oxygens (including phenoxy) is 1. The number of nitrogens with zero attached hydrogens (tertiary/aromatic N) is 4. The van der Waals surface area contributed by atoms with Crippen LogP contribution in [0, 0.1) is 0 Å². The molecule has 2 aromatic heterocycles. The summed E-state index contributed by atoms with van der Waals surface area (Å²) in [5, 5.41) is 29.8. The number of phenols is 1. The van der Waals surface area contributed by atoms with Crippen LogP contribution in [0.25, 0.3) is 5.65 Å². The third-order valence-corrected chi connectivity index (χ3v) is 4.29. The maximum Gasteiger partial charge on any atom is 0.178 e. The number of halogens is 1. The maximum atomic E-state index is 9.89. The molecule has 4 aromatic rings. The fourth-order valence-corrected chi connectivity index (χ4v) is 2.90. The van der Waals surface area contributed by atoms with Crippen LogP contribution in [0.5, 0.6) is 11.5 Å². The summed E-state index contributed by atoms with van der Waals surface area (Å²) in [6, 6.07) is 16.1. The predicted octanol–water partition coefficient (Wildman–Crippen LogP) is 3.85. The Hall–Kier alpha value is -3.52. The van der Waals surface area contributed by atoms with Crippen LogP contribution in [0.1, 0.15) is 5.82 Å². The fraction of sp³-hybridized carbons (Fsp3) is 0.105. The largest absolute Gasteiger partial charge is 0.504 e. The average Bonchev–Trinajstić information content (AvgIpc) is 3.09. The predicted molar refractivity (Wildman–Crippen MR) is 108 cm³/mol. The molecule has 3 N–H and O–H groups in total. The van der Waals surface area contributed by atoms with E-state index in [2.05, 4.69) is 25.9 Å². The summed E-state index contributed by atoms with van der Waals surface area (Å²) in [6.45, 7) is 0.376. The lowest BCUT2D eigenvalue weighted by atomic mass is 10.2. The minimum absolute atomic E-state index is 0.0599. The van der Waals surface area contributed by atoms with Crippen molar-refractivity contribution in [1.29, 1.82) is 0 Å². The summed E-state index contributed by atoms with van der Waals surface area (Å²) in [5.41, 5.74) is 2.19. The molecule has 0 unspecified atom stereocenters. The summed E-state index contributed by atoms with van der Waals surface area (Å²) in [7, 11) is 1.51. The highest BCUT2D eigenvalue weighted by molar-refractivity contribution is 6.30. The lowest BCUT2D eigenvalue weighted by Crippen LogP contribution is -2.07. The van der Waals surface area contributed by atoms with Crippen molar-refractivity contribution in [2.75, 3.05) is 17.7 Å². The second-order valence-corrected chi connectivity index (χ2v) is 6.42. The van der Waals surface area contributed by atoms with Crippen molar-refractivity contribution >= 4 is 34.4 Å². The van der Waals surface area contributed by atoms with Gasteiger partial charge in [-0.3, -0.25) is 0 Å². The number of anilines is 3. The molecule has 142 valence electrons. The Labute approximate surface area is 165 Å². The smallest absolute Gasteiger partial charge is 0.178 e. The van der Waals surface area contributed by atoms with Crippen molar-refractivity contribution in [3.63, 3.8) is 0 Å². The van der Waals surface area contributed by atoms with Crippen molar-refractivity contribution in [2.45, 2.75) is 6.54 Å². The summed E-state index contributed by atoms with van der Waals surface area (Å²) < 4.78 is 6.70. The van der Waals surface area contributed by atoms with E-state index in [4.69, 9.17) is 16.3 Å². The van der Waals surface area contributed by atoms with Crippen LogP contribution < -0.4 is 15.4 Å². The molecule has 0 atom stereocenters. The molecule has 0 radical (unpaired) electrons. The number of aromatic hydroxyl groups is 1. The van der Waals surface area contributed by atoms with Crippen LogP contribution in [0.3, 0.4) is 0 Å². The van der Waals surface area contributed by atoms with E-state index in [1.54, 1.807) is 22.7 Å². The van der Waals surface area contributed by atoms with Gasteiger partial charge in [-0.15, -0.1) is 15.3 Å². The van der Waals surface area contributed by atoms with Crippen LogP contribution in [-0.2, 0) is 6.54 Å². The first-order chi connectivity index (χ1) is 13.6. The summed E-state index contributed by atoms with van der Waals surface area (Å²) in [5.74, 6) is 1.74. The first-order valence-corrected chi connectivity index (χ1v) is 8.85. The van der Waals surface area contributed by atoms with Gasteiger partial charge in [0.25, 0.3) is 0 Å². The topological polar surface area (TPSA) is 96.6 Å². The van der Waals surface area contributed by atoms with E-state index in [-0.39, 0.29) is 5.75 Å². The van der Waals surface area contributed by atoms with Crippen LogP contribution >= 0.6 is 11.6 Å². The molecule has 2 aromatic carbocycles. The molecule has 0 fully saturated rings. The standard InChI is InChI=1S/C19H17ClN6O2/c1-28-16-6-5-13(10-15(16)27)21-11-19-24-23-18-8-7-17(25-26(18)19)22-14-4-2-3-12(20)9-14/h2-10,21,27H,11H2,1H3,(H,22,25). The second-order valence-electron chi connectivity index (χ2n) is 5.98. The minimum atomic E-state index is 0.0599. The average molecular weight is 397 g/mol. The number of fused-ring (bicyclic) bond motifs is 1. The Balaban J connectivity index is 1.53. The Morgan fingerprint density at radius 2 is 1.96 bits per heavy atom. The molecule has 0 saturated heterocycles. The summed E-state index contributed by atoms with van der Waals surface area (Å²) in [4.78, 5) is 0. The highest BCUT2D eigenvalue weighted by Crippen LogP contribution is 2.28. The van der Waals surface area contributed by atoms with Crippen molar-refractivity contribution < 1.29 is 9.84 Å². The Morgan fingerprint density at radius 1 is 1.07 bits per heavy atom. The molecule has 2 heterocycles. The van der Waals surface area contributed by atoms with E-state index in [0.29, 0.717) is 34.6 Å². The molecule has 0 aliphatic rings. The molecule has 0 spiro atoms. The molecule has 0 aliphatic heterocycles. The highest BCUT2D eigenvalue weighted by atomic mass is 35.5. The van der Waals surface area contributed by atoms with E-state index in [1.807, 2.05) is 36.4 Å². The van der Waals surface area contributed by atoms with Crippen molar-refractivity contribution in [3.8, 4) is 11.5 Å². The van der Waals surface area contributed by atoms with Gasteiger partial charge in [-0.05, 0) is 42.5 Å². The minimum Gasteiger partial charge on any atom is -0.504 e. The molecule has 4 rings (SSSR count). The highest BCUT2D eigenvalue weighted by Gasteiger charge is 2.09. The van der Waals surface area contributed by atoms with Gasteiger partial charge in [0, 0.05) is 22.5 Å². The van der Waals surface area contributed by atoms with Crippen molar-refractivity contribution in [2.24, 2.45) is 0 Å². The van der Waals surface area contributed by atoms with E-state index < -0.39 is 0 Å². The zero-order chi connectivity index (χ0) is 19.5. The van der Waals surface area contributed by atoms with Crippen LogP contribution in [0.4, 0.5) is 17.2 Å². The molecule has 0 amide bonds. The number of nitrogens with one attached hydrogen (secondary N) is 2. The number of rotatable bonds is 6. The van der Waals surface area contributed by atoms with E-state index in [1.165, 1.54) is 7.11 Å². The van der Waals surface area contributed by atoms with Gasteiger partial charge in [0.05, 0.1) is 13.7 Å². The van der Waals surface area contributed by atoms with Gasteiger partial charge in [-0.25, -0.2) is 0 Å². The second kappa shape index (κ2) is 7.61. The third-order valence-electron chi connectivity index (χ3n) is 4.05. The lowest BCUT2D eigenvalue weighted by Gasteiger charge is -2.09. The van der Waals surface area contributed by atoms with Gasteiger partial charge in [-0.1, -0.05) is 17.7 Å². The number of hydrogen-bond donors (Lipinski definition) is 3. The van der Waals surface area contributed by atoms with Gasteiger partial charge in [0.2, 0.25) is 0 Å². The molecule has 8 nitrogen and oxygen atoms in total. The molecule has 0 aliphatic carbocycles. The maximum absolute atomic E-state index is 9.89. The molecule has 0 bridgehead atoms. The fourth-order valence-electron chi connectivity index (χ4n) is 2.71. The van der Waals surface area contributed by atoms with Gasteiger partial charge in [0.15, 0.2) is 28.8 Å². The normalized spacial score (nSPS) is 10.8. The first kappa shape index (κ1) is 17.9. The van der Waals surface area contributed by atoms with Crippen LogP contribution in [0.15, 0.2) is 54.6 Å². The van der Waals surface area contributed by atoms with E-state index in [0.717, 1.165) is 11.4 Å². The quantitative estimate of drug-likeness (QED) is 0.455. The van der Waals surface area contributed by atoms with Gasteiger partial charge in [0.1, 0.15) is 0 Å². The SMILES string of the molecule is COc1ccc(NCc2nnc3ccc(Nc4cccc(Cl)c4)nn23)cc1O. The first-order valence-electron chi connectivity index (χ1n) is 8.47. The van der Waals surface area contributed by atoms with E-state index >= 15 is 0 Å². The Bertz CT molecular complexity index is 1130. The van der Waals surface area contributed by atoms with Gasteiger partial charge >= 0.3 is 0 Å². The summed E-state index contributed by atoms with van der Waals surface area (Å²) >= 11 is 6.02. The van der Waals surface area contributed by atoms with Gasteiger partial charge in [-0.2, -0.15) is 4.52 Å². The summed E-state index contributed by atoms with van der Waals surface area (Å²) in [6.07, 6.45) is 0. The van der Waals surface area contributed by atoms with Crippen LogP contribution in [0.2, 0.25) is 5.02 Å². The number of hydrogen-bond acceptors (Lipinski definition) is 7. The third kappa shape index (κ3) is 3.77.